The van der Waals surface area contributed by atoms with Crippen LogP contribution in [0.3, 0.4) is 0 Å². The monoisotopic (exact) mass is 539 g/mol. The Morgan fingerprint density at radius 1 is 1.03 bits per heavy atom. The summed E-state index contributed by atoms with van der Waals surface area (Å²) in [5.74, 6) is 0.223. The van der Waals surface area contributed by atoms with E-state index in [1.54, 1.807) is 0 Å². The van der Waals surface area contributed by atoms with Gasteiger partial charge in [0.1, 0.15) is 5.60 Å². The third-order valence-corrected chi connectivity index (χ3v) is 7.63. The quantitative estimate of drug-likeness (QED) is 0.486. The molecule has 0 unspecified atom stereocenters. The zero-order chi connectivity index (χ0) is 28.7. The van der Waals surface area contributed by atoms with Gasteiger partial charge in [0.15, 0.2) is 11.5 Å². The average Bonchev–Trinajstić information content (AvgIpc) is 3.19. The molecule has 4 rings (SSSR count). The second kappa shape index (κ2) is 10.6. The van der Waals surface area contributed by atoms with Crippen molar-refractivity contribution in [1.82, 2.24) is 15.6 Å². The van der Waals surface area contributed by atoms with Crippen LogP contribution in [0.15, 0.2) is 16.9 Å². The summed E-state index contributed by atoms with van der Waals surface area (Å²) in [7, 11) is 0. The largest absolute Gasteiger partial charge is 0.448 e. The molecule has 3 N–H and O–H groups in total. The highest BCUT2D eigenvalue weighted by Gasteiger charge is 2.47. The molecule has 0 bridgehead atoms. The van der Waals surface area contributed by atoms with Crippen LogP contribution in [0, 0.1) is 33.6 Å². The molecule has 2 aromatic rings. The van der Waals surface area contributed by atoms with Crippen molar-refractivity contribution in [3.63, 3.8) is 0 Å². The number of hydrogen-bond acceptors (Lipinski definition) is 6. The summed E-state index contributed by atoms with van der Waals surface area (Å²) in [4.78, 5) is 40.5. The van der Waals surface area contributed by atoms with Gasteiger partial charge in [-0.3, -0.25) is 9.59 Å². The number of pyridine rings is 1. The zero-order valence-electron chi connectivity index (χ0n) is 24.3. The van der Waals surface area contributed by atoms with Crippen LogP contribution < -0.4 is 25.7 Å². The minimum absolute atomic E-state index is 0.0478. The average molecular weight is 540 g/mol. The summed E-state index contributed by atoms with van der Waals surface area (Å²) in [5.41, 5.74) is 3.43. The van der Waals surface area contributed by atoms with Gasteiger partial charge in [0, 0.05) is 47.8 Å². The van der Waals surface area contributed by atoms with E-state index in [2.05, 4.69) is 15.6 Å². The van der Waals surface area contributed by atoms with Crippen molar-refractivity contribution in [3.05, 3.63) is 56.0 Å². The number of carbonyl (C=O) groups is 2. The molecule has 1 saturated carbocycles. The van der Waals surface area contributed by atoms with E-state index in [0.29, 0.717) is 28.2 Å². The number of rotatable bonds is 5. The van der Waals surface area contributed by atoms with Crippen LogP contribution in [0.25, 0.3) is 0 Å². The highest BCUT2D eigenvalue weighted by Crippen LogP contribution is 2.50. The van der Waals surface area contributed by atoms with Gasteiger partial charge in [-0.05, 0) is 97.4 Å². The molecular weight excluding hydrogens is 498 g/mol. The lowest BCUT2D eigenvalue weighted by Crippen LogP contribution is -2.48. The number of aryl methyl sites for hydroxylation is 3. The minimum atomic E-state index is -0.865. The van der Waals surface area contributed by atoms with Gasteiger partial charge < -0.3 is 29.8 Å². The molecule has 1 atom stereocenters. The van der Waals surface area contributed by atoms with Crippen LogP contribution in [-0.4, -0.2) is 34.4 Å². The smallest absolute Gasteiger partial charge is 0.407 e. The van der Waals surface area contributed by atoms with Crippen LogP contribution in [0.2, 0.25) is 0 Å². The van der Waals surface area contributed by atoms with Crippen molar-refractivity contribution in [1.29, 1.82) is 0 Å². The maximum absolute atomic E-state index is 13.2. The summed E-state index contributed by atoms with van der Waals surface area (Å²) < 4.78 is 18.3. The van der Waals surface area contributed by atoms with Crippen molar-refractivity contribution in [2.24, 2.45) is 5.92 Å². The first-order chi connectivity index (χ1) is 18.2. The van der Waals surface area contributed by atoms with Crippen LogP contribution in [0.4, 0.5) is 4.79 Å². The molecule has 1 fully saturated rings. The molecule has 0 spiro atoms. The SMILES string of the molecule is Cc1cc(C)c(CNC(=O)c2cc(C)c3c(c2C)O[C@@](C)([C@H]2CC[C@H](NC(=O)OC(C)(C)C)CC2)O3)c(=O)[nH]1. The van der Waals surface area contributed by atoms with Crippen molar-refractivity contribution >= 4 is 12.0 Å². The molecule has 1 aliphatic heterocycles. The number of alkyl carbamates (subject to hydrolysis) is 1. The summed E-state index contributed by atoms with van der Waals surface area (Å²) in [6.45, 7) is 15.1. The molecule has 1 aromatic heterocycles. The number of hydrogen-bond donors (Lipinski definition) is 3. The van der Waals surface area contributed by atoms with Gasteiger partial charge in [-0.25, -0.2) is 4.79 Å². The molecule has 2 aliphatic rings. The summed E-state index contributed by atoms with van der Waals surface area (Å²) in [6, 6.07) is 3.75. The molecule has 2 amide bonds. The molecule has 1 aliphatic carbocycles. The Morgan fingerprint density at radius 2 is 1.67 bits per heavy atom. The van der Waals surface area contributed by atoms with Crippen molar-refractivity contribution in [2.45, 2.75) is 105 Å². The van der Waals surface area contributed by atoms with Crippen molar-refractivity contribution < 1.29 is 23.8 Å². The predicted octanol–water partition coefficient (Wildman–Crippen LogP) is 5.11. The molecule has 212 valence electrons. The molecular formula is C30H41N3O6. The molecule has 0 saturated heterocycles. The number of benzene rings is 1. The van der Waals surface area contributed by atoms with Crippen molar-refractivity contribution in [2.75, 3.05) is 0 Å². The van der Waals surface area contributed by atoms with Crippen LogP contribution in [0.5, 0.6) is 11.5 Å². The second-order valence-corrected chi connectivity index (χ2v) is 12.1. The lowest BCUT2D eigenvalue weighted by Gasteiger charge is -2.37. The molecule has 2 heterocycles. The van der Waals surface area contributed by atoms with Gasteiger partial charge in [-0.15, -0.1) is 0 Å². The van der Waals surface area contributed by atoms with E-state index in [-0.39, 0.29) is 30.0 Å². The van der Waals surface area contributed by atoms with E-state index < -0.39 is 17.5 Å². The van der Waals surface area contributed by atoms with Gasteiger partial charge in [0.2, 0.25) is 0 Å². The first kappa shape index (κ1) is 28.5. The number of ether oxygens (including phenoxy) is 3. The Morgan fingerprint density at radius 3 is 2.28 bits per heavy atom. The normalized spacial score (nSPS) is 22.4. The Labute approximate surface area is 230 Å². The van der Waals surface area contributed by atoms with Gasteiger partial charge >= 0.3 is 6.09 Å². The Bertz CT molecular complexity index is 1330. The van der Waals surface area contributed by atoms with E-state index >= 15 is 0 Å². The fraction of sp³-hybridized carbons (Fsp3) is 0.567. The van der Waals surface area contributed by atoms with Crippen LogP contribution in [-0.2, 0) is 11.3 Å². The molecule has 0 radical (unpaired) electrons. The highest BCUT2D eigenvalue weighted by molar-refractivity contribution is 5.97. The Hall–Kier alpha value is -3.49. The number of fused-ring (bicyclic) bond motifs is 1. The van der Waals surface area contributed by atoms with E-state index in [4.69, 9.17) is 14.2 Å². The lowest BCUT2D eigenvalue weighted by atomic mass is 9.81. The number of amides is 2. The maximum Gasteiger partial charge on any atom is 0.407 e. The van der Waals surface area contributed by atoms with Gasteiger partial charge in [-0.1, -0.05) is 0 Å². The van der Waals surface area contributed by atoms with E-state index in [9.17, 15) is 14.4 Å². The van der Waals surface area contributed by atoms with Gasteiger partial charge in [0.25, 0.3) is 17.3 Å². The topological polar surface area (TPSA) is 119 Å². The first-order valence-electron chi connectivity index (χ1n) is 13.7. The number of aromatic nitrogens is 1. The summed E-state index contributed by atoms with van der Waals surface area (Å²) in [6.07, 6.45) is 2.84. The number of H-pyrrole nitrogens is 1. The Balaban J connectivity index is 1.42. The molecule has 9 nitrogen and oxygen atoms in total. The molecule has 39 heavy (non-hydrogen) atoms. The fourth-order valence-corrected chi connectivity index (χ4v) is 5.54. The standard InChI is InChI=1S/C30H41N3O6/c1-16-13-18(3)32-27(35)23(16)15-31-26(34)22-14-17(2)24-25(19(22)4)38-30(8,37-24)20-9-11-21(12-10-20)33-28(36)39-29(5,6)7/h13-14,20-21H,9-12,15H2,1-8H3,(H,31,34)(H,32,35)(H,33,36)/t20-,21-,30-/m0/s1. The third-order valence-electron chi connectivity index (χ3n) is 7.63. The Kier molecular flexibility index (Phi) is 7.74. The maximum atomic E-state index is 13.2. The molecule has 1 aromatic carbocycles. The van der Waals surface area contributed by atoms with E-state index in [0.717, 1.165) is 42.5 Å². The first-order valence-corrected chi connectivity index (χ1v) is 13.7. The predicted molar refractivity (Wildman–Crippen MR) is 148 cm³/mol. The second-order valence-electron chi connectivity index (χ2n) is 12.1. The fourth-order valence-electron chi connectivity index (χ4n) is 5.54. The highest BCUT2D eigenvalue weighted by atomic mass is 16.7. The summed E-state index contributed by atoms with van der Waals surface area (Å²) >= 11 is 0. The van der Waals surface area contributed by atoms with E-state index in [1.165, 1.54) is 0 Å². The van der Waals surface area contributed by atoms with E-state index in [1.807, 2.05) is 67.5 Å². The number of carbonyl (C=O) groups excluding carboxylic acids is 2. The lowest BCUT2D eigenvalue weighted by molar-refractivity contribution is -0.121. The van der Waals surface area contributed by atoms with Crippen molar-refractivity contribution in [3.8, 4) is 11.5 Å². The summed E-state index contributed by atoms with van der Waals surface area (Å²) in [5, 5.41) is 5.87. The number of nitrogens with one attached hydrogen (secondary N) is 3. The minimum Gasteiger partial charge on any atom is -0.448 e. The van der Waals surface area contributed by atoms with Gasteiger partial charge in [-0.2, -0.15) is 0 Å². The zero-order valence-corrected chi connectivity index (χ0v) is 24.3. The van der Waals surface area contributed by atoms with Crippen LogP contribution >= 0.6 is 0 Å². The number of aromatic amines is 1. The van der Waals surface area contributed by atoms with Gasteiger partial charge in [0.05, 0.1) is 0 Å². The third kappa shape index (κ3) is 6.23. The van der Waals surface area contributed by atoms with Crippen LogP contribution in [0.1, 0.15) is 91.7 Å². The molecule has 9 heteroatoms.